The molecular formula is C33H24Br2Cl2N4O3. The van der Waals surface area contributed by atoms with Crippen LogP contribution < -0.4 is 0 Å². The van der Waals surface area contributed by atoms with E-state index in [1.54, 1.807) is 60.9 Å². The Balaban J connectivity index is 0.000000164. The lowest BCUT2D eigenvalue weighted by Gasteiger charge is -2.03. The molecule has 6 rings (SSSR count). The zero-order chi connectivity index (χ0) is 31.6. The first-order valence-electron chi connectivity index (χ1n) is 13.0. The lowest BCUT2D eigenvalue weighted by Crippen LogP contribution is -2.05. The molecule has 6 aromatic rings. The van der Waals surface area contributed by atoms with E-state index in [-0.39, 0.29) is 18.2 Å². The molecule has 44 heavy (non-hydrogen) atoms. The highest BCUT2D eigenvalue weighted by Gasteiger charge is 2.10. The highest BCUT2D eigenvalue weighted by atomic mass is 79.9. The fourth-order valence-electron chi connectivity index (χ4n) is 3.87. The average molecular weight is 755 g/mol. The summed E-state index contributed by atoms with van der Waals surface area (Å²) in [6.07, 6.45) is 3.74. The molecule has 0 saturated heterocycles. The Labute approximate surface area is 280 Å². The number of esters is 1. The van der Waals surface area contributed by atoms with Gasteiger partial charge in [-0.2, -0.15) is 0 Å². The lowest BCUT2D eigenvalue weighted by molar-refractivity contribution is 0.0600. The number of aromatic nitrogens is 4. The molecule has 0 amide bonds. The first-order chi connectivity index (χ1) is 21.1. The summed E-state index contributed by atoms with van der Waals surface area (Å²) in [7, 11) is 1.34. The van der Waals surface area contributed by atoms with Crippen molar-refractivity contribution in [2.45, 2.75) is 13.3 Å². The van der Waals surface area contributed by atoms with Gasteiger partial charge in [-0.3, -0.25) is 24.7 Å². The van der Waals surface area contributed by atoms with Gasteiger partial charge in [-0.15, -0.1) is 0 Å². The van der Waals surface area contributed by atoms with Crippen molar-refractivity contribution in [2.24, 2.45) is 0 Å². The summed E-state index contributed by atoms with van der Waals surface area (Å²) >= 11 is 18.3. The van der Waals surface area contributed by atoms with Crippen LogP contribution in [0.3, 0.4) is 0 Å². The molecule has 222 valence electrons. The average Bonchev–Trinajstić information content (AvgIpc) is 3.01. The molecule has 4 aromatic heterocycles. The predicted octanol–water partition coefficient (Wildman–Crippen LogP) is 9.30. The Kier molecular flexibility index (Phi) is 11.9. The number of methoxy groups -OCH3 is 1. The minimum absolute atomic E-state index is 0.00712. The molecule has 2 aromatic carbocycles. The molecule has 0 atom stereocenters. The SMILES string of the molecule is COC(=O)c1cccc(Cl)c1.Cc1ccc2ncc(Br)cc2n1.O=C(Cc1ccc2ncc(Br)cc2n1)c1cccc(Cl)c1. The van der Waals surface area contributed by atoms with Crippen molar-refractivity contribution in [2.75, 3.05) is 7.11 Å². The van der Waals surface area contributed by atoms with Crippen LogP contribution in [-0.4, -0.2) is 38.8 Å². The van der Waals surface area contributed by atoms with Gasteiger partial charge < -0.3 is 4.74 Å². The number of carbonyl (C=O) groups is 2. The minimum Gasteiger partial charge on any atom is -0.465 e. The van der Waals surface area contributed by atoms with Crippen LogP contribution in [0.1, 0.15) is 32.1 Å². The quantitative estimate of drug-likeness (QED) is 0.131. The second-order valence-corrected chi connectivity index (χ2v) is 12.0. The molecule has 0 aliphatic carbocycles. The number of Topliss-reactive ketones (excluding diaryl/α,β-unsaturated/α-hetero) is 1. The molecule has 0 fully saturated rings. The van der Waals surface area contributed by atoms with Crippen LogP contribution in [-0.2, 0) is 11.2 Å². The number of fused-ring (bicyclic) bond motifs is 2. The number of aryl methyl sites for hydroxylation is 1. The largest absolute Gasteiger partial charge is 0.465 e. The van der Waals surface area contributed by atoms with E-state index in [1.807, 2.05) is 43.3 Å². The second-order valence-electron chi connectivity index (χ2n) is 9.25. The van der Waals surface area contributed by atoms with Crippen LogP contribution in [0.2, 0.25) is 10.0 Å². The summed E-state index contributed by atoms with van der Waals surface area (Å²) in [4.78, 5) is 40.4. The Bertz CT molecular complexity index is 1920. The van der Waals surface area contributed by atoms with Crippen LogP contribution in [0.15, 0.2) is 106 Å². The molecule has 0 aliphatic rings. The number of halogens is 4. The Morgan fingerprint density at radius 3 is 1.84 bits per heavy atom. The van der Waals surface area contributed by atoms with E-state index < -0.39 is 0 Å². The maximum absolute atomic E-state index is 12.2. The van der Waals surface area contributed by atoms with Gasteiger partial charge in [0.2, 0.25) is 0 Å². The third-order valence-electron chi connectivity index (χ3n) is 5.94. The van der Waals surface area contributed by atoms with E-state index in [0.29, 0.717) is 26.9 Å². The Morgan fingerprint density at radius 1 is 0.705 bits per heavy atom. The standard InChI is InChI=1S/C16H10BrClN2O.C9H7BrN2.C8H7ClO2/c17-11-7-15-14(19-9-11)5-4-13(20-15)8-16(21)10-2-1-3-12(18)6-10;1-6-2-3-8-9(12-6)4-7(10)5-11-8;1-11-8(10)6-3-2-4-7(9)5-6/h1-7,9H,8H2;2-5H,1H3;2-5H,1H3. The van der Waals surface area contributed by atoms with Gasteiger partial charge in [0.05, 0.1) is 41.2 Å². The zero-order valence-corrected chi connectivity index (χ0v) is 28.2. The summed E-state index contributed by atoms with van der Waals surface area (Å²) in [5.41, 5.74) is 6.23. The van der Waals surface area contributed by atoms with E-state index in [9.17, 15) is 9.59 Å². The third-order valence-corrected chi connectivity index (χ3v) is 7.28. The third kappa shape index (κ3) is 9.62. The van der Waals surface area contributed by atoms with E-state index in [2.05, 4.69) is 56.5 Å². The summed E-state index contributed by atoms with van der Waals surface area (Å²) in [6.45, 7) is 1.97. The van der Waals surface area contributed by atoms with Crippen LogP contribution in [0.25, 0.3) is 22.1 Å². The second kappa shape index (κ2) is 15.8. The molecule has 0 N–H and O–H groups in total. The van der Waals surface area contributed by atoms with Gasteiger partial charge in [-0.05, 0) is 106 Å². The van der Waals surface area contributed by atoms with Crippen LogP contribution >= 0.6 is 55.1 Å². The van der Waals surface area contributed by atoms with Gasteiger partial charge in [0, 0.05) is 48.3 Å². The predicted molar refractivity (Wildman–Crippen MR) is 181 cm³/mol. The summed E-state index contributed by atoms with van der Waals surface area (Å²) < 4.78 is 6.32. The van der Waals surface area contributed by atoms with Crippen LogP contribution in [0.4, 0.5) is 0 Å². The molecular weight excluding hydrogens is 731 g/mol. The number of nitrogens with zero attached hydrogens (tertiary/aromatic N) is 4. The molecule has 0 radical (unpaired) electrons. The summed E-state index contributed by atoms with van der Waals surface area (Å²) in [6, 6.07) is 25.0. The molecule has 11 heteroatoms. The number of ether oxygens (including phenoxy) is 1. The van der Waals surface area contributed by atoms with Gasteiger partial charge in [0.25, 0.3) is 0 Å². The monoisotopic (exact) mass is 752 g/mol. The Hall–Kier alpha value is -3.76. The van der Waals surface area contributed by atoms with Crippen LogP contribution in [0, 0.1) is 6.92 Å². The van der Waals surface area contributed by atoms with Crippen molar-refractivity contribution >= 4 is 88.9 Å². The number of rotatable bonds is 4. The molecule has 0 saturated carbocycles. The molecule has 0 bridgehead atoms. The number of hydrogen-bond acceptors (Lipinski definition) is 7. The first-order valence-corrected chi connectivity index (χ1v) is 15.4. The van der Waals surface area contributed by atoms with Crippen molar-refractivity contribution in [3.05, 3.63) is 139 Å². The number of hydrogen-bond donors (Lipinski definition) is 0. The smallest absolute Gasteiger partial charge is 0.337 e. The maximum Gasteiger partial charge on any atom is 0.337 e. The van der Waals surface area contributed by atoms with Gasteiger partial charge in [0.1, 0.15) is 0 Å². The molecule has 0 unspecified atom stereocenters. The van der Waals surface area contributed by atoms with Crippen molar-refractivity contribution in [1.29, 1.82) is 0 Å². The van der Waals surface area contributed by atoms with E-state index in [1.165, 1.54) is 7.11 Å². The fraction of sp³-hybridized carbons (Fsp3) is 0.0909. The van der Waals surface area contributed by atoms with Crippen LogP contribution in [0.5, 0.6) is 0 Å². The van der Waals surface area contributed by atoms with Crippen molar-refractivity contribution in [1.82, 2.24) is 19.9 Å². The maximum atomic E-state index is 12.2. The number of benzene rings is 2. The van der Waals surface area contributed by atoms with Crippen molar-refractivity contribution in [3.8, 4) is 0 Å². The summed E-state index contributed by atoms with van der Waals surface area (Å²) in [5, 5.41) is 1.09. The van der Waals surface area contributed by atoms with Gasteiger partial charge in [-0.1, -0.05) is 41.4 Å². The van der Waals surface area contributed by atoms with Gasteiger partial charge >= 0.3 is 5.97 Å². The fourth-order valence-corrected chi connectivity index (χ4v) is 4.89. The molecule has 0 aliphatic heterocycles. The number of pyridine rings is 4. The molecule has 7 nitrogen and oxygen atoms in total. The highest BCUT2D eigenvalue weighted by molar-refractivity contribution is 9.10. The lowest BCUT2D eigenvalue weighted by atomic mass is 10.1. The van der Waals surface area contributed by atoms with Gasteiger partial charge in [0.15, 0.2) is 5.78 Å². The first kappa shape index (κ1) is 33.1. The topological polar surface area (TPSA) is 94.9 Å². The number of carbonyl (C=O) groups excluding carboxylic acids is 2. The van der Waals surface area contributed by atoms with E-state index in [0.717, 1.165) is 36.7 Å². The highest BCUT2D eigenvalue weighted by Crippen LogP contribution is 2.18. The number of ketones is 1. The minimum atomic E-state index is -0.368. The van der Waals surface area contributed by atoms with Crippen molar-refractivity contribution in [3.63, 3.8) is 0 Å². The Morgan fingerprint density at radius 2 is 1.25 bits per heavy atom. The normalized spacial score (nSPS) is 10.3. The molecule has 4 heterocycles. The van der Waals surface area contributed by atoms with Crippen molar-refractivity contribution < 1.29 is 14.3 Å². The van der Waals surface area contributed by atoms with E-state index in [4.69, 9.17) is 23.2 Å². The summed E-state index contributed by atoms with van der Waals surface area (Å²) in [5.74, 6) is -0.375. The zero-order valence-electron chi connectivity index (χ0n) is 23.5. The molecule has 0 spiro atoms. The van der Waals surface area contributed by atoms with E-state index >= 15 is 0 Å². The van der Waals surface area contributed by atoms with Gasteiger partial charge in [-0.25, -0.2) is 4.79 Å².